The van der Waals surface area contributed by atoms with Crippen molar-refractivity contribution in [2.24, 2.45) is 0 Å². The van der Waals surface area contributed by atoms with Gasteiger partial charge in [-0.3, -0.25) is 14.6 Å². The van der Waals surface area contributed by atoms with E-state index in [2.05, 4.69) is 27.8 Å². The van der Waals surface area contributed by atoms with Crippen LogP contribution in [0.2, 0.25) is 0 Å². The summed E-state index contributed by atoms with van der Waals surface area (Å²) in [5, 5.41) is 24.1. The fourth-order valence-corrected chi connectivity index (χ4v) is 3.40. The number of aryl methyl sites for hydroxylation is 1. The van der Waals surface area contributed by atoms with Gasteiger partial charge in [0.1, 0.15) is 0 Å². The number of aromatic nitrogens is 1. The summed E-state index contributed by atoms with van der Waals surface area (Å²) in [7, 11) is 0. The molecule has 0 radical (unpaired) electrons. The molecule has 1 aliphatic rings. The van der Waals surface area contributed by atoms with Crippen LogP contribution in [0.5, 0.6) is 0 Å². The van der Waals surface area contributed by atoms with Gasteiger partial charge in [-0.1, -0.05) is 30.3 Å². The molecule has 0 amide bonds. The highest BCUT2D eigenvalue weighted by atomic mass is 16.3. The zero-order valence-electron chi connectivity index (χ0n) is 17.3. The van der Waals surface area contributed by atoms with E-state index in [-0.39, 0.29) is 19.0 Å². The lowest BCUT2D eigenvalue weighted by atomic mass is 10.1. The van der Waals surface area contributed by atoms with Crippen molar-refractivity contribution in [3.8, 4) is 0 Å². The van der Waals surface area contributed by atoms with E-state index in [1.807, 2.05) is 42.7 Å². The third-order valence-corrected chi connectivity index (χ3v) is 4.82. The van der Waals surface area contributed by atoms with Gasteiger partial charge in [0.25, 0.3) is 12.9 Å². The van der Waals surface area contributed by atoms with Crippen LogP contribution >= 0.6 is 0 Å². The number of rotatable bonds is 5. The number of hydrogen-bond acceptors (Lipinski definition) is 6. The highest BCUT2D eigenvalue weighted by Crippen LogP contribution is 2.21. The molecule has 2 heterocycles. The number of anilines is 1. The van der Waals surface area contributed by atoms with Gasteiger partial charge >= 0.3 is 0 Å². The Hall–Kier alpha value is -2.97. The second kappa shape index (κ2) is 14.9. The number of benzene rings is 1. The Morgan fingerprint density at radius 1 is 1.03 bits per heavy atom. The van der Waals surface area contributed by atoms with Crippen LogP contribution in [0, 0.1) is 6.92 Å². The van der Waals surface area contributed by atoms with Crippen LogP contribution in [0.1, 0.15) is 30.1 Å². The van der Waals surface area contributed by atoms with Crippen molar-refractivity contribution in [1.82, 2.24) is 9.88 Å². The van der Waals surface area contributed by atoms with Crippen LogP contribution in [0.15, 0.2) is 48.8 Å². The van der Waals surface area contributed by atoms with Crippen molar-refractivity contribution >= 4 is 18.6 Å². The van der Waals surface area contributed by atoms with Gasteiger partial charge < -0.3 is 25.1 Å². The van der Waals surface area contributed by atoms with Gasteiger partial charge in [-0.05, 0) is 43.5 Å². The minimum Gasteiger partial charge on any atom is -0.483 e. The molecule has 0 aliphatic carbocycles. The summed E-state index contributed by atoms with van der Waals surface area (Å²) < 4.78 is 0. The molecule has 1 fully saturated rings. The fraction of sp³-hybridized carbons (Fsp3) is 0.409. The van der Waals surface area contributed by atoms with E-state index in [0.29, 0.717) is 0 Å². The first-order chi connectivity index (χ1) is 14.6. The average molecular weight is 418 g/mol. The van der Waals surface area contributed by atoms with Crippen molar-refractivity contribution in [2.75, 3.05) is 37.6 Å². The van der Waals surface area contributed by atoms with Crippen LogP contribution < -0.4 is 4.90 Å². The number of pyridine rings is 1. The van der Waals surface area contributed by atoms with E-state index in [1.54, 1.807) is 0 Å². The number of nitrogens with zero attached hydrogens (tertiary/aromatic N) is 3. The lowest BCUT2D eigenvalue weighted by Crippen LogP contribution is -2.32. The molecule has 0 spiro atoms. The summed E-state index contributed by atoms with van der Waals surface area (Å²) >= 11 is 0. The number of hydrogen-bond donors (Lipinski definition) is 3. The molecule has 1 aromatic heterocycles. The predicted molar refractivity (Wildman–Crippen MR) is 116 cm³/mol. The van der Waals surface area contributed by atoms with Crippen molar-refractivity contribution in [1.29, 1.82) is 0 Å². The van der Waals surface area contributed by atoms with Crippen molar-refractivity contribution in [2.45, 2.75) is 25.9 Å². The summed E-state index contributed by atoms with van der Waals surface area (Å²) in [6, 6.07) is 12.1. The highest BCUT2D eigenvalue weighted by Gasteiger charge is 2.17. The van der Waals surface area contributed by atoms with E-state index >= 15 is 0 Å². The first-order valence-electron chi connectivity index (χ1n) is 9.84. The minimum atomic E-state index is -0.368. The smallest absolute Gasteiger partial charge is 0.290 e. The fourth-order valence-electron chi connectivity index (χ4n) is 3.40. The highest BCUT2D eigenvalue weighted by molar-refractivity contribution is 5.51. The average Bonchev–Trinajstić information content (AvgIpc) is 3.00. The third-order valence-electron chi connectivity index (χ3n) is 4.82. The Bertz CT molecular complexity index is 724. The first kappa shape index (κ1) is 25.1. The zero-order valence-corrected chi connectivity index (χ0v) is 17.3. The largest absolute Gasteiger partial charge is 0.483 e. The molecular weight excluding hydrogens is 386 g/mol. The zero-order chi connectivity index (χ0) is 22.2. The van der Waals surface area contributed by atoms with Gasteiger partial charge in [-0.25, -0.2) is 0 Å². The molecule has 0 bridgehead atoms. The maximum Gasteiger partial charge on any atom is 0.290 e. The Morgan fingerprint density at radius 2 is 1.70 bits per heavy atom. The number of aliphatic hydroxyl groups is 1. The SMILES string of the molecule is Cc1cnccc1N1CCCN(CC[C@@H](O)c2ccccc2)CC1.O=CO.O=CO. The molecule has 8 heteroatoms. The summed E-state index contributed by atoms with van der Waals surface area (Å²) in [6.45, 7) is 6.83. The summed E-state index contributed by atoms with van der Waals surface area (Å²) in [6.07, 6.45) is 5.39. The maximum atomic E-state index is 10.3. The van der Waals surface area contributed by atoms with E-state index in [9.17, 15) is 5.11 Å². The molecule has 2 aromatic rings. The van der Waals surface area contributed by atoms with E-state index in [4.69, 9.17) is 19.8 Å². The van der Waals surface area contributed by atoms with Crippen LogP contribution in [0.3, 0.4) is 0 Å². The monoisotopic (exact) mass is 417 g/mol. The number of carbonyl (C=O) groups is 2. The van der Waals surface area contributed by atoms with Crippen LogP contribution in [0.4, 0.5) is 5.69 Å². The molecule has 0 unspecified atom stereocenters. The van der Waals surface area contributed by atoms with Crippen LogP contribution in [-0.4, -0.2) is 70.9 Å². The van der Waals surface area contributed by atoms with Crippen LogP contribution in [-0.2, 0) is 9.59 Å². The topological polar surface area (TPSA) is 114 Å². The molecule has 1 saturated heterocycles. The molecule has 1 aliphatic heterocycles. The third kappa shape index (κ3) is 9.02. The van der Waals surface area contributed by atoms with Gasteiger partial charge in [0.15, 0.2) is 0 Å². The first-order valence-corrected chi connectivity index (χ1v) is 9.84. The Morgan fingerprint density at radius 3 is 2.33 bits per heavy atom. The van der Waals surface area contributed by atoms with E-state index in [1.165, 1.54) is 11.3 Å². The lowest BCUT2D eigenvalue weighted by Gasteiger charge is -2.25. The molecule has 3 rings (SSSR count). The van der Waals surface area contributed by atoms with Crippen molar-refractivity contribution in [3.05, 3.63) is 59.9 Å². The molecule has 8 nitrogen and oxygen atoms in total. The van der Waals surface area contributed by atoms with Gasteiger partial charge in [0, 0.05) is 44.3 Å². The van der Waals surface area contributed by atoms with Gasteiger partial charge in [-0.2, -0.15) is 0 Å². The molecule has 3 N–H and O–H groups in total. The molecule has 1 atom stereocenters. The van der Waals surface area contributed by atoms with E-state index in [0.717, 1.165) is 51.1 Å². The Balaban J connectivity index is 0.000000672. The summed E-state index contributed by atoms with van der Waals surface area (Å²) in [5.74, 6) is 0. The summed E-state index contributed by atoms with van der Waals surface area (Å²) in [5.41, 5.74) is 3.56. The van der Waals surface area contributed by atoms with Gasteiger partial charge in [-0.15, -0.1) is 0 Å². The standard InChI is InChI=1S/C20H27N3O.2CH2O2/c1-17-16-21-10-8-19(17)23-12-5-11-22(14-15-23)13-9-20(24)18-6-3-2-4-7-18;2*2-1-3/h2-4,6-8,10,16,20,24H,5,9,11-15H2,1H3;2*1H,(H,2,3)/t20-;;/m1../s1. The number of carboxylic acid groups (broad SMARTS) is 2. The number of aliphatic hydroxyl groups excluding tert-OH is 1. The quantitative estimate of drug-likeness (QED) is 0.636. The van der Waals surface area contributed by atoms with E-state index < -0.39 is 0 Å². The Labute approximate surface area is 177 Å². The van der Waals surface area contributed by atoms with Crippen molar-refractivity contribution < 1.29 is 24.9 Å². The Kier molecular flexibility index (Phi) is 12.5. The molecule has 164 valence electrons. The maximum absolute atomic E-state index is 10.3. The predicted octanol–water partition coefficient (Wildman–Crippen LogP) is 2.43. The van der Waals surface area contributed by atoms with Crippen molar-refractivity contribution in [3.63, 3.8) is 0 Å². The molecule has 30 heavy (non-hydrogen) atoms. The second-order valence-corrected chi connectivity index (χ2v) is 6.77. The minimum absolute atomic E-state index is 0.250. The molecular formula is C22H31N3O5. The second-order valence-electron chi connectivity index (χ2n) is 6.77. The van der Waals surface area contributed by atoms with Gasteiger partial charge in [0.2, 0.25) is 0 Å². The molecule has 0 saturated carbocycles. The summed E-state index contributed by atoms with van der Waals surface area (Å²) in [4.78, 5) is 25.9. The van der Waals surface area contributed by atoms with Gasteiger partial charge in [0.05, 0.1) is 6.10 Å². The lowest BCUT2D eigenvalue weighted by molar-refractivity contribution is -0.123. The molecule has 1 aromatic carbocycles. The normalized spacial score (nSPS) is 14.8. The van der Waals surface area contributed by atoms with Crippen LogP contribution in [0.25, 0.3) is 0 Å².